The lowest BCUT2D eigenvalue weighted by Crippen LogP contribution is -2.60. The number of ether oxygens (including phenoxy) is 10. The molecule has 2 aromatic rings. The van der Waals surface area contributed by atoms with E-state index in [1.165, 1.54) is 35.4 Å². The van der Waals surface area contributed by atoms with Crippen molar-refractivity contribution in [3.05, 3.63) is 47.0 Å². The molecule has 16 atom stereocenters. The summed E-state index contributed by atoms with van der Waals surface area (Å²) < 4.78 is 56.9. The fraction of sp³-hybridized carbons (Fsp3) is 0.617. The number of carboxylic acids is 1. The molecule has 404 valence electrons. The van der Waals surface area contributed by atoms with Gasteiger partial charge in [0.1, 0.15) is 79.0 Å². The number of hydrogen-bond acceptors (Lipinski definition) is 24. The number of aliphatic carboxylic acids is 1. The van der Waals surface area contributed by atoms with Crippen LogP contribution in [0.2, 0.25) is 0 Å². The lowest BCUT2D eigenvalue weighted by atomic mass is 9.92. The van der Waals surface area contributed by atoms with Gasteiger partial charge in [0.2, 0.25) is 24.1 Å². The monoisotopic (exact) mass is 1030 g/mol. The highest BCUT2D eigenvalue weighted by Gasteiger charge is 2.49. The van der Waals surface area contributed by atoms with E-state index in [-0.39, 0.29) is 53.8 Å². The van der Waals surface area contributed by atoms with Crippen LogP contribution >= 0.6 is 0 Å². The third-order valence-corrected chi connectivity index (χ3v) is 12.3. The van der Waals surface area contributed by atoms with Gasteiger partial charge in [0, 0.05) is 18.4 Å². The summed E-state index contributed by atoms with van der Waals surface area (Å²) in [6, 6.07) is 4.63. The summed E-state index contributed by atoms with van der Waals surface area (Å²) in [5, 5.41) is 133. The van der Waals surface area contributed by atoms with Gasteiger partial charge in [-0.2, -0.15) is 0 Å². The molecule has 2 aromatic carbocycles. The van der Waals surface area contributed by atoms with Gasteiger partial charge in [-0.3, -0.25) is 9.59 Å². The predicted octanol–water partition coefficient (Wildman–Crippen LogP) is -2.86. The zero-order valence-electron chi connectivity index (χ0n) is 40.1. The zero-order valence-corrected chi connectivity index (χ0v) is 40.1. The van der Waals surface area contributed by atoms with Crippen LogP contribution in [0.4, 0.5) is 0 Å². The van der Waals surface area contributed by atoms with Gasteiger partial charge in [0.05, 0.1) is 60.3 Å². The van der Waals surface area contributed by atoms with Crippen molar-refractivity contribution in [1.82, 2.24) is 0 Å². The molecule has 0 spiro atoms. The Hall–Kier alpha value is -4.78. The Labute approximate surface area is 413 Å². The summed E-state index contributed by atoms with van der Waals surface area (Å²) in [5.74, 6) is -1.73. The molecular weight excluding hydrogens is 964 g/mol. The van der Waals surface area contributed by atoms with Crippen molar-refractivity contribution in [3.8, 4) is 34.5 Å². The third-order valence-electron chi connectivity index (χ3n) is 12.3. The number of methoxy groups -OCH3 is 4. The molecule has 3 aliphatic rings. The number of ketones is 1. The van der Waals surface area contributed by atoms with Crippen molar-refractivity contribution in [2.24, 2.45) is 0 Å². The number of benzene rings is 2. The SMILES string of the molecule is COc1cc(/C=C/Cc2c(/C=C\CCC(=O)C[C@](C)(CC(=O)O)O[C@H]3O[C@H](CO)[C@H](O)[C@@H](O)[C@H]3O)cc(OC)c(O[C@H]3O[C@@H](CO)[C@@H](O)[C@H](O)[C@H]3O)c2OC)cc(OC)c1O[C@H]1O[C@H](CO)[C@H](O)[C@@H](O)[C@H]1O. The quantitative estimate of drug-likeness (QED) is 0.0503. The van der Waals surface area contributed by atoms with E-state index in [1.807, 2.05) is 0 Å². The molecular formula is C47H66O25. The number of hydrogen-bond donors (Lipinski definition) is 13. The minimum absolute atomic E-state index is 0.0338. The largest absolute Gasteiger partial charge is 0.493 e. The van der Waals surface area contributed by atoms with E-state index >= 15 is 0 Å². The van der Waals surface area contributed by atoms with Crippen molar-refractivity contribution in [2.45, 2.75) is 137 Å². The maximum absolute atomic E-state index is 13.4. The van der Waals surface area contributed by atoms with Crippen molar-refractivity contribution in [2.75, 3.05) is 48.3 Å². The molecule has 3 fully saturated rings. The predicted molar refractivity (Wildman–Crippen MR) is 244 cm³/mol. The topological polar surface area (TPSA) is 389 Å². The fourth-order valence-electron chi connectivity index (χ4n) is 8.37. The van der Waals surface area contributed by atoms with Crippen LogP contribution in [-0.4, -0.2) is 224 Å². The Morgan fingerprint density at radius 1 is 0.569 bits per heavy atom. The van der Waals surface area contributed by atoms with E-state index in [2.05, 4.69) is 0 Å². The first-order valence-corrected chi connectivity index (χ1v) is 22.7. The minimum Gasteiger partial charge on any atom is -0.493 e. The number of aliphatic hydroxyl groups excluding tert-OH is 12. The van der Waals surface area contributed by atoms with Crippen LogP contribution in [-0.2, 0) is 35.0 Å². The Balaban J connectivity index is 1.44. The molecule has 0 aromatic heterocycles. The van der Waals surface area contributed by atoms with E-state index in [1.54, 1.807) is 42.5 Å². The summed E-state index contributed by atoms with van der Waals surface area (Å²) in [4.78, 5) is 25.3. The van der Waals surface area contributed by atoms with Crippen molar-refractivity contribution >= 4 is 23.9 Å². The molecule has 3 heterocycles. The van der Waals surface area contributed by atoms with E-state index in [0.29, 0.717) is 16.7 Å². The molecule has 13 N–H and O–H groups in total. The van der Waals surface area contributed by atoms with Crippen LogP contribution in [0.15, 0.2) is 30.4 Å². The maximum Gasteiger partial charge on any atom is 0.306 e. The lowest BCUT2D eigenvalue weighted by Gasteiger charge is -2.43. The number of carboxylic acid groups (broad SMARTS) is 1. The lowest BCUT2D eigenvalue weighted by molar-refractivity contribution is -0.325. The van der Waals surface area contributed by atoms with Gasteiger partial charge in [0.25, 0.3) is 0 Å². The molecule has 0 radical (unpaired) electrons. The fourth-order valence-corrected chi connectivity index (χ4v) is 8.37. The Morgan fingerprint density at radius 3 is 1.49 bits per heavy atom. The highest BCUT2D eigenvalue weighted by Crippen LogP contribution is 2.45. The van der Waals surface area contributed by atoms with Gasteiger partial charge in [-0.15, -0.1) is 0 Å². The number of carbonyl (C=O) groups excluding carboxylic acids is 1. The summed E-state index contributed by atoms with van der Waals surface area (Å²) >= 11 is 0. The normalized spacial score (nSPS) is 31.8. The highest BCUT2D eigenvalue weighted by molar-refractivity contribution is 5.81. The van der Waals surface area contributed by atoms with E-state index in [0.717, 1.165) is 0 Å². The van der Waals surface area contributed by atoms with Gasteiger partial charge in [-0.1, -0.05) is 24.3 Å². The van der Waals surface area contributed by atoms with Gasteiger partial charge in [0.15, 0.2) is 29.3 Å². The third kappa shape index (κ3) is 13.5. The number of allylic oxidation sites excluding steroid dienone is 2. The van der Waals surface area contributed by atoms with Crippen molar-refractivity contribution in [1.29, 1.82) is 0 Å². The van der Waals surface area contributed by atoms with Crippen LogP contribution < -0.4 is 28.4 Å². The average molecular weight is 1030 g/mol. The molecule has 0 amide bonds. The number of rotatable bonds is 24. The van der Waals surface area contributed by atoms with Crippen LogP contribution in [0.1, 0.15) is 49.3 Å². The highest BCUT2D eigenvalue weighted by atomic mass is 16.7. The van der Waals surface area contributed by atoms with Gasteiger partial charge in [-0.25, -0.2) is 0 Å². The molecule has 25 nitrogen and oxygen atoms in total. The van der Waals surface area contributed by atoms with Crippen LogP contribution in [0.5, 0.6) is 34.5 Å². The number of carbonyl (C=O) groups is 2. The molecule has 0 aliphatic carbocycles. The first-order valence-electron chi connectivity index (χ1n) is 22.7. The van der Waals surface area contributed by atoms with Crippen molar-refractivity contribution < 1.29 is 123 Å². The maximum atomic E-state index is 13.4. The summed E-state index contributed by atoms with van der Waals surface area (Å²) in [6.45, 7) is -0.878. The number of aliphatic hydroxyl groups is 12. The molecule has 25 heteroatoms. The second kappa shape index (κ2) is 25.9. The van der Waals surface area contributed by atoms with Crippen LogP contribution in [0, 0.1) is 0 Å². The molecule has 0 saturated carbocycles. The first kappa shape index (κ1) is 58.1. The molecule has 0 bridgehead atoms. The van der Waals surface area contributed by atoms with Crippen LogP contribution in [0.3, 0.4) is 0 Å². The molecule has 0 unspecified atom stereocenters. The minimum atomic E-state index is -1.85. The summed E-state index contributed by atoms with van der Waals surface area (Å²) in [7, 11) is 5.30. The smallest absolute Gasteiger partial charge is 0.306 e. The van der Waals surface area contributed by atoms with E-state index in [4.69, 9.17) is 47.4 Å². The Kier molecular flexibility index (Phi) is 20.9. The Morgan fingerprint density at radius 2 is 1.03 bits per heavy atom. The second-order valence-corrected chi connectivity index (χ2v) is 17.5. The average Bonchev–Trinajstić information content (AvgIpc) is 3.35. The standard InChI is InChI=1S/C47H66O25/c1-47(17-31(52)53,72-46-40(62)37(59)34(56)30(20-50)69-46)16-23(51)11-7-6-10-22-15-27(65-4)43(71-45-39(61)36(58)33(55)29(19-49)68-45)41(66-5)24(22)12-8-9-21-13-25(63-2)42(26(14-21)64-3)70-44-38(60)35(57)32(54)28(18-48)67-44/h6,8-10,13-15,28-30,32-40,44-46,48-50,54-62H,7,11-12,16-20H2,1-5H3,(H,52,53)/b9-8+,10-6-/t28-,29+,30-,32+,33-,34+,35-,36+,37-,38-,39-,40-,44-,45-,46-,47-/m1/s1. The van der Waals surface area contributed by atoms with Crippen LogP contribution in [0.25, 0.3) is 12.2 Å². The molecule has 3 aliphatic heterocycles. The number of Topliss-reactive ketones (excluding diaryl/α,β-unsaturated/α-hetero) is 1. The van der Waals surface area contributed by atoms with E-state index < -0.39 is 142 Å². The zero-order chi connectivity index (χ0) is 53.2. The molecule has 3 saturated heterocycles. The van der Waals surface area contributed by atoms with Gasteiger partial charge >= 0.3 is 5.97 Å². The van der Waals surface area contributed by atoms with Gasteiger partial charge < -0.3 is 114 Å². The molecule has 72 heavy (non-hydrogen) atoms. The van der Waals surface area contributed by atoms with Crippen molar-refractivity contribution in [3.63, 3.8) is 0 Å². The Bertz CT molecular complexity index is 2140. The second-order valence-electron chi connectivity index (χ2n) is 17.5. The van der Waals surface area contributed by atoms with E-state index in [9.17, 15) is 76.0 Å². The molecule has 5 rings (SSSR count). The van der Waals surface area contributed by atoms with Gasteiger partial charge in [-0.05, 0) is 49.1 Å². The summed E-state index contributed by atoms with van der Waals surface area (Å²) in [5.41, 5.74) is -0.429. The first-order chi connectivity index (χ1) is 34.2. The summed E-state index contributed by atoms with van der Waals surface area (Å²) in [6.07, 6.45) is -19.1.